The van der Waals surface area contributed by atoms with Gasteiger partial charge in [-0.3, -0.25) is 4.79 Å². The van der Waals surface area contributed by atoms with Crippen LogP contribution in [0.1, 0.15) is 62.3 Å². The van der Waals surface area contributed by atoms with Crippen molar-refractivity contribution in [2.24, 2.45) is 0 Å². The molecule has 148 valence electrons. The van der Waals surface area contributed by atoms with Crippen LogP contribution in [0.5, 0.6) is 5.75 Å². The van der Waals surface area contributed by atoms with Crippen molar-refractivity contribution >= 4 is 40.0 Å². The summed E-state index contributed by atoms with van der Waals surface area (Å²) in [7, 11) is 0. The summed E-state index contributed by atoms with van der Waals surface area (Å²) in [6, 6.07) is 6.44. The van der Waals surface area contributed by atoms with E-state index in [1.807, 2.05) is 27.7 Å². The number of carbonyl (C=O) groups excluding carboxylic acids is 1. The minimum absolute atomic E-state index is 0.0606. The molecule has 0 aliphatic rings. The Labute approximate surface area is 175 Å². The fourth-order valence-corrected chi connectivity index (χ4v) is 3.48. The maximum absolute atomic E-state index is 14.7. The molecule has 0 aromatic heterocycles. The van der Waals surface area contributed by atoms with Gasteiger partial charge in [0.25, 0.3) is 0 Å². The number of benzene rings is 2. The molecule has 0 unspecified atom stereocenters. The van der Waals surface area contributed by atoms with Gasteiger partial charge in [0.15, 0.2) is 0 Å². The van der Waals surface area contributed by atoms with Gasteiger partial charge in [-0.1, -0.05) is 57.0 Å². The van der Waals surface area contributed by atoms with Crippen molar-refractivity contribution in [3.05, 3.63) is 62.4 Å². The number of phenolic OH excluding ortho intramolecular Hbond substituents is 1. The van der Waals surface area contributed by atoms with E-state index >= 15 is 0 Å². The molecule has 2 rings (SSSR count). The molecule has 2 nitrogen and oxygen atoms in total. The van der Waals surface area contributed by atoms with E-state index in [9.17, 15) is 14.3 Å². The molecule has 6 heteroatoms. The van der Waals surface area contributed by atoms with Crippen LogP contribution in [0.4, 0.5) is 4.39 Å². The molecule has 1 N–H and O–H groups in total. The van der Waals surface area contributed by atoms with Crippen LogP contribution in [0.15, 0.2) is 24.3 Å². The van der Waals surface area contributed by atoms with Gasteiger partial charge in [0.1, 0.15) is 11.6 Å². The topological polar surface area (TPSA) is 37.3 Å². The Morgan fingerprint density at radius 3 is 2.19 bits per heavy atom. The number of aryl methyl sites for hydroxylation is 1. The molecule has 0 amide bonds. The fraction of sp³-hybridized carbons (Fsp3) is 0.381. The van der Waals surface area contributed by atoms with E-state index in [2.05, 4.69) is 0 Å². The molecular formula is C21H24Cl3FO2. The number of rotatable bonds is 6. The fourth-order valence-electron chi connectivity index (χ4n) is 2.72. The third-order valence-electron chi connectivity index (χ3n) is 3.99. The van der Waals surface area contributed by atoms with Crippen molar-refractivity contribution in [1.82, 2.24) is 0 Å². The van der Waals surface area contributed by atoms with Crippen LogP contribution in [0.2, 0.25) is 10.0 Å². The first-order valence-corrected chi connectivity index (χ1v) is 9.99. The third kappa shape index (κ3) is 6.38. The molecule has 0 heterocycles. The van der Waals surface area contributed by atoms with Crippen molar-refractivity contribution in [1.29, 1.82) is 0 Å². The zero-order valence-electron chi connectivity index (χ0n) is 15.9. The maximum atomic E-state index is 14.7. The molecule has 2 aromatic carbocycles. The molecule has 0 bridgehead atoms. The molecular weight excluding hydrogens is 410 g/mol. The Balaban J connectivity index is 0.00000176. The highest BCUT2D eigenvalue weighted by Crippen LogP contribution is 2.34. The lowest BCUT2D eigenvalue weighted by Gasteiger charge is -2.15. The van der Waals surface area contributed by atoms with E-state index in [1.165, 1.54) is 12.1 Å². The van der Waals surface area contributed by atoms with Gasteiger partial charge >= 0.3 is 0 Å². The van der Waals surface area contributed by atoms with E-state index < -0.39 is 11.1 Å². The number of aromatic hydroxyl groups is 1. The summed E-state index contributed by atoms with van der Waals surface area (Å²) in [5, 5.41) is 10.3. The van der Waals surface area contributed by atoms with Gasteiger partial charge in [-0.15, -0.1) is 0 Å². The average Bonchev–Trinajstić information content (AvgIpc) is 2.59. The highest BCUT2D eigenvalue weighted by molar-refractivity contribution is 6.63. The first-order valence-electron chi connectivity index (χ1n) is 8.86. The van der Waals surface area contributed by atoms with Gasteiger partial charge in [0, 0.05) is 28.5 Å². The third-order valence-corrected chi connectivity index (χ3v) is 4.86. The molecule has 0 aliphatic carbocycles. The maximum Gasteiger partial charge on any atom is 0.221 e. The van der Waals surface area contributed by atoms with E-state index in [0.717, 1.165) is 5.56 Å². The van der Waals surface area contributed by atoms with E-state index in [4.69, 9.17) is 34.8 Å². The summed E-state index contributed by atoms with van der Waals surface area (Å²) < 4.78 is 14.7. The predicted molar refractivity (Wildman–Crippen MR) is 112 cm³/mol. The Bertz CT molecular complexity index is 781. The van der Waals surface area contributed by atoms with Crippen molar-refractivity contribution in [2.45, 2.75) is 52.9 Å². The van der Waals surface area contributed by atoms with Crippen molar-refractivity contribution in [2.75, 3.05) is 0 Å². The van der Waals surface area contributed by atoms with Crippen molar-refractivity contribution < 1.29 is 14.3 Å². The van der Waals surface area contributed by atoms with Crippen LogP contribution >= 0.6 is 34.8 Å². The molecule has 0 radical (unpaired) electrons. The lowest BCUT2D eigenvalue weighted by molar-refractivity contribution is -0.111. The minimum Gasteiger partial charge on any atom is -0.508 e. The summed E-state index contributed by atoms with van der Waals surface area (Å²) >= 11 is 18.0. The number of phenols is 1. The lowest BCUT2D eigenvalue weighted by atomic mass is 9.95. The quantitative estimate of drug-likeness (QED) is 0.486. The minimum atomic E-state index is -0.445. The normalized spacial score (nSPS) is 10.6. The average molecular weight is 434 g/mol. The summed E-state index contributed by atoms with van der Waals surface area (Å²) in [6.07, 6.45) is 0.837. The monoisotopic (exact) mass is 432 g/mol. The summed E-state index contributed by atoms with van der Waals surface area (Å²) in [6.45, 7) is 7.63. The molecule has 0 aliphatic heterocycles. The molecule has 27 heavy (non-hydrogen) atoms. The van der Waals surface area contributed by atoms with Crippen molar-refractivity contribution in [3.63, 3.8) is 0 Å². The van der Waals surface area contributed by atoms with Crippen LogP contribution in [-0.2, 0) is 17.6 Å². The molecule has 0 saturated carbocycles. The molecule has 0 saturated heterocycles. The zero-order chi connectivity index (χ0) is 20.7. The zero-order valence-corrected chi connectivity index (χ0v) is 18.1. The van der Waals surface area contributed by atoms with Gasteiger partial charge in [-0.05, 0) is 58.8 Å². The number of hydrogen-bond donors (Lipinski definition) is 1. The molecule has 0 atom stereocenters. The Morgan fingerprint density at radius 1 is 1.15 bits per heavy atom. The Hall–Kier alpha value is -1.29. The van der Waals surface area contributed by atoms with Gasteiger partial charge in [-0.2, -0.15) is 0 Å². The molecule has 0 fully saturated rings. The SMILES string of the molecule is CC.CC(C)c1c(O)ccc(Cc2c(Cl)cc(CCC(=O)Cl)cc2Cl)c1F. The van der Waals surface area contributed by atoms with Gasteiger partial charge in [-0.25, -0.2) is 4.39 Å². The van der Waals surface area contributed by atoms with Crippen LogP contribution in [0.3, 0.4) is 0 Å². The van der Waals surface area contributed by atoms with Crippen LogP contribution in [0, 0.1) is 5.82 Å². The number of halogens is 4. The molecule has 2 aromatic rings. The number of hydrogen-bond acceptors (Lipinski definition) is 2. The van der Waals surface area contributed by atoms with Crippen LogP contribution in [0.25, 0.3) is 0 Å². The lowest BCUT2D eigenvalue weighted by Crippen LogP contribution is -2.02. The van der Waals surface area contributed by atoms with Gasteiger partial charge < -0.3 is 5.11 Å². The summed E-state index contributed by atoms with van der Waals surface area (Å²) in [5.74, 6) is -0.658. The second-order valence-corrected chi connectivity index (χ2v) is 7.43. The number of carbonyl (C=O) groups is 1. The van der Waals surface area contributed by atoms with Crippen LogP contribution in [-0.4, -0.2) is 10.3 Å². The van der Waals surface area contributed by atoms with E-state index in [0.29, 0.717) is 27.6 Å². The smallest absolute Gasteiger partial charge is 0.221 e. The highest BCUT2D eigenvalue weighted by atomic mass is 35.5. The summed E-state index contributed by atoms with van der Waals surface area (Å²) in [4.78, 5) is 10.9. The Morgan fingerprint density at radius 2 is 1.70 bits per heavy atom. The predicted octanol–water partition coefficient (Wildman–Crippen LogP) is 7.28. The standard InChI is InChI=1S/C19H18Cl3FO2.C2H6/c1-10(2)18-16(24)5-4-12(19(18)23)9-13-14(20)7-11(8-15(13)21)3-6-17(22)25;1-2/h4-5,7-8,10,24H,3,6,9H2,1-2H3;1-2H3. The second-order valence-electron chi connectivity index (χ2n) is 6.20. The van der Waals surface area contributed by atoms with E-state index in [-0.39, 0.29) is 30.1 Å². The van der Waals surface area contributed by atoms with E-state index in [1.54, 1.807) is 12.1 Å². The molecule has 0 spiro atoms. The Kier molecular flexibility index (Phi) is 9.58. The van der Waals surface area contributed by atoms with Crippen LogP contribution < -0.4 is 0 Å². The highest BCUT2D eigenvalue weighted by Gasteiger charge is 2.18. The first kappa shape index (κ1) is 23.7. The largest absolute Gasteiger partial charge is 0.508 e. The first-order chi connectivity index (χ1) is 12.7. The van der Waals surface area contributed by atoms with Gasteiger partial charge in [0.2, 0.25) is 5.24 Å². The second kappa shape index (κ2) is 10.9. The van der Waals surface area contributed by atoms with Gasteiger partial charge in [0.05, 0.1) is 0 Å². The summed E-state index contributed by atoms with van der Waals surface area (Å²) in [5.41, 5.74) is 2.08. The van der Waals surface area contributed by atoms with Crippen molar-refractivity contribution in [3.8, 4) is 5.75 Å².